The molecule has 32 heavy (non-hydrogen) atoms. The van der Waals surface area contributed by atoms with Crippen molar-refractivity contribution in [1.29, 1.82) is 0 Å². The molecule has 8 nitrogen and oxygen atoms in total. The number of anilines is 1. The minimum atomic E-state index is -1.22. The van der Waals surface area contributed by atoms with Gasteiger partial charge in [0.05, 0.1) is 9.35 Å². The van der Waals surface area contributed by atoms with Crippen LogP contribution in [-0.4, -0.2) is 47.4 Å². The molecule has 2 rings (SSSR count). The average Bonchev–Trinajstić information content (AvgIpc) is 3.00. The molecule has 0 fully saturated rings. The third kappa shape index (κ3) is 6.70. The molecule has 2 amide bonds. The van der Waals surface area contributed by atoms with Gasteiger partial charge in [-0.05, 0) is 52.9 Å². The second-order valence-electron chi connectivity index (χ2n) is 8.69. The lowest BCUT2D eigenvalue weighted by molar-refractivity contribution is -0.139. The van der Waals surface area contributed by atoms with Crippen LogP contribution >= 0.6 is 27.3 Å². The fourth-order valence-corrected chi connectivity index (χ4v) is 4.77. The first-order valence-corrected chi connectivity index (χ1v) is 11.5. The molecule has 0 aliphatic rings. The van der Waals surface area contributed by atoms with Crippen LogP contribution in [0, 0.1) is 5.41 Å². The molecule has 1 aromatic heterocycles. The number of thiophene rings is 1. The molecule has 3 N–H and O–H groups in total. The van der Waals surface area contributed by atoms with Gasteiger partial charge in [-0.1, -0.05) is 32.9 Å². The average molecular weight is 527 g/mol. The lowest BCUT2D eigenvalue weighted by Gasteiger charge is -2.31. The Balaban J connectivity index is 2.53. The number of amides is 2. The Hall–Kier alpha value is -2.59. The van der Waals surface area contributed by atoms with Gasteiger partial charge in [0.25, 0.3) is 0 Å². The highest BCUT2D eigenvalue weighted by molar-refractivity contribution is 9.10. The highest BCUT2D eigenvalue weighted by Gasteiger charge is 2.26. The molecule has 0 unspecified atom stereocenters. The van der Waals surface area contributed by atoms with Gasteiger partial charge in [0, 0.05) is 18.3 Å². The number of carboxylic acid groups (broad SMARTS) is 2. The van der Waals surface area contributed by atoms with E-state index < -0.39 is 18.5 Å². The van der Waals surface area contributed by atoms with Gasteiger partial charge < -0.3 is 20.3 Å². The maximum Gasteiger partial charge on any atom is 0.349 e. The van der Waals surface area contributed by atoms with Crippen molar-refractivity contribution in [2.45, 2.75) is 40.7 Å². The van der Waals surface area contributed by atoms with Crippen molar-refractivity contribution in [3.8, 4) is 16.2 Å². The van der Waals surface area contributed by atoms with Crippen molar-refractivity contribution in [1.82, 2.24) is 5.32 Å². The van der Waals surface area contributed by atoms with Crippen molar-refractivity contribution in [3.63, 3.8) is 0 Å². The van der Waals surface area contributed by atoms with E-state index in [1.807, 2.05) is 40.7 Å². The number of hydrogen-bond donors (Lipinski definition) is 3. The molecular formula is C22H27BrN2O6S. The molecular weight excluding hydrogens is 500 g/mol. The van der Waals surface area contributed by atoms with Gasteiger partial charge >= 0.3 is 18.0 Å². The lowest BCUT2D eigenvalue weighted by Crippen LogP contribution is -2.46. The number of aliphatic carboxylic acids is 1. The van der Waals surface area contributed by atoms with Gasteiger partial charge in [0.1, 0.15) is 0 Å². The zero-order valence-electron chi connectivity index (χ0n) is 18.6. The molecule has 1 aromatic carbocycles. The van der Waals surface area contributed by atoms with E-state index in [9.17, 15) is 19.5 Å². The number of hydrogen-bond acceptors (Lipinski definition) is 5. The summed E-state index contributed by atoms with van der Waals surface area (Å²) in [4.78, 5) is 37.6. The number of carboxylic acids is 2. The van der Waals surface area contributed by atoms with E-state index in [2.05, 4.69) is 21.2 Å². The van der Waals surface area contributed by atoms with Crippen molar-refractivity contribution in [2.75, 3.05) is 18.1 Å². The van der Waals surface area contributed by atoms with Gasteiger partial charge in [-0.25, -0.2) is 14.4 Å². The molecule has 0 saturated carbocycles. The third-order valence-corrected chi connectivity index (χ3v) is 6.28. The van der Waals surface area contributed by atoms with Crippen LogP contribution in [0.15, 0.2) is 28.7 Å². The first-order chi connectivity index (χ1) is 14.8. The smallest absolute Gasteiger partial charge is 0.349 e. The lowest BCUT2D eigenvalue weighted by atomic mass is 9.95. The van der Waals surface area contributed by atoms with Crippen LogP contribution in [0.25, 0.3) is 10.4 Å². The number of urea groups is 1. The predicted molar refractivity (Wildman–Crippen MR) is 128 cm³/mol. The van der Waals surface area contributed by atoms with Crippen molar-refractivity contribution < 1.29 is 29.3 Å². The molecule has 0 bridgehead atoms. The van der Waals surface area contributed by atoms with E-state index in [-0.39, 0.29) is 28.1 Å². The molecule has 10 heteroatoms. The van der Waals surface area contributed by atoms with Crippen molar-refractivity contribution >= 4 is 50.9 Å². The largest absolute Gasteiger partial charge is 0.479 e. The molecule has 0 spiro atoms. The van der Waals surface area contributed by atoms with E-state index in [4.69, 9.17) is 9.84 Å². The Labute approximate surface area is 199 Å². The highest BCUT2D eigenvalue weighted by Crippen LogP contribution is 2.46. The summed E-state index contributed by atoms with van der Waals surface area (Å²) in [5.41, 5.74) is 1.16. The topological polar surface area (TPSA) is 116 Å². The molecule has 174 valence electrons. The first-order valence-electron chi connectivity index (χ1n) is 9.88. The number of ether oxygens (including phenoxy) is 1. The van der Waals surface area contributed by atoms with Crippen LogP contribution in [0.4, 0.5) is 10.5 Å². The zero-order valence-corrected chi connectivity index (χ0v) is 21.0. The van der Waals surface area contributed by atoms with E-state index in [0.717, 1.165) is 11.3 Å². The van der Waals surface area contributed by atoms with Crippen LogP contribution < -0.4 is 15.0 Å². The number of aromatic carboxylic acids is 1. The SMILES string of the molecule is CC(C)NC(=O)N(CC(C)(C)C)c1cccc(-c2sc(C(=O)O)c(OCC(=O)O)c2Br)c1. The zero-order chi connectivity index (χ0) is 24.2. The number of nitrogens with zero attached hydrogens (tertiary/aromatic N) is 1. The fraction of sp³-hybridized carbons (Fsp3) is 0.409. The fourth-order valence-electron chi connectivity index (χ4n) is 2.88. The van der Waals surface area contributed by atoms with Crippen molar-refractivity contribution in [2.24, 2.45) is 5.41 Å². The first kappa shape index (κ1) is 25.7. The van der Waals surface area contributed by atoms with Crippen LogP contribution in [0.5, 0.6) is 5.75 Å². The van der Waals surface area contributed by atoms with Gasteiger partial charge in [0.15, 0.2) is 17.2 Å². The summed E-state index contributed by atoms with van der Waals surface area (Å²) >= 11 is 4.33. The van der Waals surface area contributed by atoms with E-state index in [1.54, 1.807) is 23.1 Å². The number of benzene rings is 1. The van der Waals surface area contributed by atoms with E-state index in [0.29, 0.717) is 27.1 Å². The summed E-state index contributed by atoms with van der Waals surface area (Å²) < 4.78 is 5.58. The standard InChI is InChI=1S/C22H27BrN2O6S/c1-12(2)24-21(30)25(11-22(3,4)5)14-8-6-7-13(9-14)18-16(23)17(31-10-15(26)27)19(32-18)20(28)29/h6-9,12H,10-11H2,1-5H3,(H,24,30)(H,26,27)(H,28,29). The van der Waals surface area contributed by atoms with Crippen LogP contribution in [-0.2, 0) is 4.79 Å². The van der Waals surface area contributed by atoms with Crippen LogP contribution in [0.2, 0.25) is 0 Å². The molecule has 0 radical (unpaired) electrons. The Morgan fingerprint density at radius 2 is 1.88 bits per heavy atom. The number of halogens is 1. The molecule has 0 saturated heterocycles. The summed E-state index contributed by atoms with van der Waals surface area (Å²) in [5.74, 6) is -2.46. The number of nitrogens with one attached hydrogen (secondary N) is 1. The number of carbonyl (C=O) groups excluding carboxylic acids is 1. The quantitative estimate of drug-likeness (QED) is 0.429. The number of rotatable bonds is 8. The van der Waals surface area contributed by atoms with Crippen molar-refractivity contribution in [3.05, 3.63) is 33.6 Å². The van der Waals surface area contributed by atoms with Gasteiger partial charge in [0.2, 0.25) is 0 Å². The van der Waals surface area contributed by atoms with Crippen LogP contribution in [0.1, 0.15) is 44.3 Å². The summed E-state index contributed by atoms with van der Waals surface area (Å²) in [6, 6.07) is 6.93. The summed E-state index contributed by atoms with van der Waals surface area (Å²) in [5, 5.41) is 21.4. The maximum absolute atomic E-state index is 12.9. The monoisotopic (exact) mass is 526 g/mol. The Morgan fingerprint density at radius 1 is 1.22 bits per heavy atom. The minimum absolute atomic E-state index is 0.0330. The second-order valence-corrected chi connectivity index (χ2v) is 10.5. The highest BCUT2D eigenvalue weighted by atomic mass is 79.9. The normalized spacial score (nSPS) is 11.3. The Morgan fingerprint density at radius 3 is 2.41 bits per heavy atom. The Bertz CT molecular complexity index is 1010. The van der Waals surface area contributed by atoms with E-state index >= 15 is 0 Å². The summed E-state index contributed by atoms with van der Waals surface area (Å²) in [7, 11) is 0. The van der Waals surface area contributed by atoms with Gasteiger partial charge in [-0.15, -0.1) is 11.3 Å². The molecule has 1 heterocycles. The molecule has 0 aliphatic carbocycles. The second kappa shape index (κ2) is 10.4. The Kier molecular flexibility index (Phi) is 8.30. The van der Waals surface area contributed by atoms with Crippen LogP contribution in [0.3, 0.4) is 0 Å². The maximum atomic E-state index is 12.9. The minimum Gasteiger partial charge on any atom is -0.479 e. The number of carbonyl (C=O) groups is 3. The third-order valence-electron chi connectivity index (χ3n) is 4.05. The predicted octanol–water partition coefficient (Wildman–Crippen LogP) is 5.31. The van der Waals surface area contributed by atoms with E-state index in [1.165, 1.54) is 0 Å². The van der Waals surface area contributed by atoms with Gasteiger partial charge in [-0.2, -0.15) is 0 Å². The van der Waals surface area contributed by atoms with Gasteiger partial charge in [-0.3, -0.25) is 4.90 Å². The molecule has 2 aromatic rings. The molecule has 0 atom stereocenters. The summed E-state index contributed by atoms with van der Waals surface area (Å²) in [6.07, 6.45) is 0. The summed E-state index contributed by atoms with van der Waals surface area (Å²) in [6.45, 7) is 9.68. The molecule has 0 aliphatic heterocycles.